The van der Waals surface area contributed by atoms with E-state index in [0.29, 0.717) is 23.0 Å². The summed E-state index contributed by atoms with van der Waals surface area (Å²) >= 11 is 5.00. The zero-order chi connectivity index (χ0) is 18.0. The van der Waals surface area contributed by atoms with Crippen LogP contribution in [0.15, 0.2) is 40.9 Å². The molecule has 0 radical (unpaired) electrons. The van der Waals surface area contributed by atoms with Crippen LogP contribution in [0.25, 0.3) is 0 Å². The number of anilines is 1. The zero-order valence-electron chi connectivity index (χ0n) is 14.1. The lowest BCUT2D eigenvalue weighted by molar-refractivity contribution is -0.115. The molecule has 1 aliphatic heterocycles. The van der Waals surface area contributed by atoms with E-state index < -0.39 is 0 Å². The van der Waals surface area contributed by atoms with Gasteiger partial charge in [0.15, 0.2) is 11.5 Å². The highest BCUT2D eigenvalue weighted by Crippen LogP contribution is 2.47. The van der Waals surface area contributed by atoms with Gasteiger partial charge in [-0.3, -0.25) is 9.69 Å². The van der Waals surface area contributed by atoms with E-state index in [1.807, 2.05) is 36.4 Å². The molecular formula is C18H18BrNO4S. The summed E-state index contributed by atoms with van der Waals surface area (Å²) in [5.41, 5.74) is 1.78. The average Bonchev–Trinajstić information content (AvgIpc) is 3.02. The third kappa shape index (κ3) is 3.43. The second-order valence-corrected chi connectivity index (χ2v) is 7.35. The van der Waals surface area contributed by atoms with E-state index in [2.05, 4.69) is 15.9 Å². The standard InChI is InChI=1S/C18H18BrNO4S/c1-22-14-8-11(9-15(23-2)17(14)24-3)18-20(16(21)10-25-18)13-6-4-12(19)5-7-13/h4-9,18H,10H2,1-3H3. The highest BCUT2D eigenvalue weighted by atomic mass is 79.9. The van der Waals surface area contributed by atoms with Crippen molar-refractivity contribution < 1.29 is 19.0 Å². The van der Waals surface area contributed by atoms with Gasteiger partial charge in [0.25, 0.3) is 0 Å². The lowest BCUT2D eigenvalue weighted by Gasteiger charge is -2.25. The molecule has 1 unspecified atom stereocenters. The predicted molar refractivity (Wildman–Crippen MR) is 103 cm³/mol. The minimum atomic E-state index is -0.151. The number of carbonyl (C=O) groups is 1. The van der Waals surface area contributed by atoms with Crippen LogP contribution in [0.2, 0.25) is 0 Å². The number of halogens is 1. The highest BCUT2D eigenvalue weighted by molar-refractivity contribution is 9.10. The van der Waals surface area contributed by atoms with Crippen molar-refractivity contribution in [3.63, 3.8) is 0 Å². The van der Waals surface area contributed by atoms with E-state index in [4.69, 9.17) is 14.2 Å². The molecule has 7 heteroatoms. The summed E-state index contributed by atoms with van der Waals surface area (Å²) in [5, 5.41) is -0.151. The number of hydrogen-bond donors (Lipinski definition) is 0. The molecular weight excluding hydrogens is 406 g/mol. The maximum Gasteiger partial charge on any atom is 0.238 e. The van der Waals surface area contributed by atoms with Crippen molar-refractivity contribution in [2.24, 2.45) is 0 Å². The molecule has 2 aromatic rings. The number of nitrogens with zero attached hydrogens (tertiary/aromatic N) is 1. The van der Waals surface area contributed by atoms with Crippen molar-refractivity contribution in [1.29, 1.82) is 0 Å². The fourth-order valence-electron chi connectivity index (χ4n) is 2.80. The SMILES string of the molecule is COc1cc(C2SCC(=O)N2c2ccc(Br)cc2)cc(OC)c1OC. The van der Waals surface area contributed by atoms with E-state index in [-0.39, 0.29) is 11.3 Å². The van der Waals surface area contributed by atoms with E-state index in [0.717, 1.165) is 15.7 Å². The van der Waals surface area contributed by atoms with Gasteiger partial charge in [-0.1, -0.05) is 15.9 Å². The van der Waals surface area contributed by atoms with Crippen molar-refractivity contribution >= 4 is 39.3 Å². The Kier molecular flexibility index (Phi) is 5.44. The summed E-state index contributed by atoms with van der Waals surface area (Å²) in [6, 6.07) is 11.5. The molecule has 0 spiro atoms. The van der Waals surface area contributed by atoms with Gasteiger partial charge >= 0.3 is 0 Å². The lowest BCUT2D eigenvalue weighted by Crippen LogP contribution is -2.27. The van der Waals surface area contributed by atoms with Crippen molar-refractivity contribution in [3.8, 4) is 17.2 Å². The number of hydrogen-bond acceptors (Lipinski definition) is 5. The summed E-state index contributed by atoms with van der Waals surface area (Å²) in [6.07, 6.45) is 0. The summed E-state index contributed by atoms with van der Waals surface area (Å²) in [5.74, 6) is 2.20. The first-order valence-corrected chi connectivity index (χ1v) is 9.42. The number of amides is 1. The van der Waals surface area contributed by atoms with Crippen molar-refractivity contribution in [2.75, 3.05) is 32.0 Å². The van der Waals surface area contributed by atoms with Gasteiger partial charge < -0.3 is 14.2 Å². The van der Waals surface area contributed by atoms with E-state index in [1.165, 1.54) is 0 Å². The minimum Gasteiger partial charge on any atom is -0.493 e. The van der Waals surface area contributed by atoms with Crippen molar-refractivity contribution in [1.82, 2.24) is 0 Å². The summed E-state index contributed by atoms with van der Waals surface area (Å²) in [4.78, 5) is 14.3. The van der Waals surface area contributed by atoms with Gasteiger partial charge in [-0.2, -0.15) is 0 Å². The molecule has 132 valence electrons. The van der Waals surface area contributed by atoms with Crippen LogP contribution in [0.5, 0.6) is 17.2 Å². The van der Waals surface area contributed by atoms with Crippen LogP contribution < -0.4 is 19.1 Å². The third-order valence-electron chi connectivity index (χ3n) is 3.94. The molecule has 5 nitrogen and oxygen atoms in total. The molecule has 1 atom stereocenters. The fraction of sp³-hybridized carbons (Fsp3) is 0.278. The first-order chi connectivity index (χ1) is 12.1. The molecule has 1 fully saturated rings. The number of benzene rings is 2. The smallest absolute Gasteiger partial charge is 0.238 e. The minimum absolute atomic E-state index is 0.0751. The van der Waals surface area contributed by atoms with Gasteiger partial charge in [-0.25, -0.2) is 0 Å². The maximum absolute atomic E-state index is 12.5. The second-order valence-electron chi connectivity index (χ2n) is 5.36. The molecule has 1 aliphatic rings. The molecule has 0 bridgehead atoms. The molecule has 0 aliphatic carbocycles. The fourth-order valence-corrected chi connectivity index (χ4v) is 4.22. The third-order valence-corrected chi connectivity index (χ3v) is 5.69. The van der Waals surface area contributed by atoms with Gasteiger partial charge in [0.1, 0.15) is 5.37 Å². The summed E-state index contributed by atoms with van der Waals surface area (Å²) in [7, 11) is 4.74. The topological polar surface area (TPSA) is 48.0 Å². The van der Waals surface area contributed by atoms with E-state index in [9.17, 15) is 4.79 Å². The van der Waals surface area contributed by atoms with E-state index in [1.54, 1.807) is 38.0 Å². The van der Waals surface area contributed by atoms with Crippen LogP contribution in [-0.2, 0) is 4.79 Å². The zero-order valence-corrected chi connectivity index (χ0v) is 16.5. The molecule has 0 saturated carbocycles. The lowest BCUT2D eigenvalue weighted by atomic mass is 10.1. The first kappa shape index (κ1) is 17.9. The molecule has 25 heavy (non-hydrogen) atoms. The van der Waals surface area contributed by atoms with Gasteiger partial charge in [-0.05, 0) is 42.0 Å². The Balaban J connectivity index is 2.05. The number of ether oxygens (including phenoxy) is 3. The second kappa shape index (κ2) is 7.58. The van der Waals surface area contributed by atoms with Gasteiger partial charge in [0.05, 0.1) is 27.1 Å². The number of thioether (sulfide) groups is 1. The number of carbonyl (C=O) groups excluding carboxylic acids is 1. The van der Waals surface area contributed by atoms with Crippen molar-refractivity contribution in [2.45, 2.75) is 5.37 Å². The van der Waals surface area contributed by atoms with Crippen LogP contribution in [0, 0.1) is 0 Å². The number of rotatable bonds is 5. The normalized spacial score (nSPS) is 16.9. The average molecular weight is 424 g/mol. The first-order valence-electron chi connectivity index (χ1n) is 7.58. The number of methoxy groups -OCH3 is 3. The molecule has 2 aromatic carbocycles. The highest BCUT2D eigenvalue weighted by Gasteiger charge is 2.35. The monoisotopic (exact) mass is 423 g/mol. The summed E-state index contributed by atoms with van der Waals surface area (Å²) < 4.78 is 17.2. The molecule has 3 rings (SSSR count). The van der Waals surface area contributed by atoms with Crippen LogP contribution in [-0.4, -0.2) is 33.0 Å². The van der Waals surface area contributed by atoms with Gasteiger partial charge in [0, 0.05) is 10.2 Å². The molecule has 0 N–H and O–H groups in total. The van der Waals surface area contributed by atoms with Gasteiger partial charge in [0.2, 0.25) is 11.7 Å². The van der Waals surface area contributed by atoms with Gasteiger partial charge in [-0.15, -0.1) is 11.8 Å². The Morgan fingerprint density at radius 2 is 1.64 bits per heavy atom. The Morgan fingerprint density at radius 3 is 2.16 bits per heavy atom. The maximum atomic E-state index is 12.5. The van der Waals surface area contributed by atoms with Crippen LogP contribution in [0.1, 0.15) is 10.9 Å². The van der Waals surface area contributed by atoms with Crippen molar-refractivity contribution in [3.05, 3.63) is 46.4 Å². The molecule has 1 amide bonds. The van der Waals surface area contributed by atoms with Crippen LogP contribution >= 0.6 is 27.7 Å². The quantitative estimate of drug-likeness (QED) is 0.718. The Bertz CT molecular complexity index is 756. The molecule has 1 heterocycles. The van der Waals surface area contributed by atoms with E-state index >= 15 is 0 Å². The molecule has 1 saturated heterocycles. The Morgan fingerprint density at radius 1 is 1.04 bits per heavy atom. The largest absolute Gasteiger partial charge is 0.493 e. The van der Waals surface area contributed by atoms with Crippen LogP contribution in [0.4, 0.5) is 5.69 Å². The van der Waals surface area contributed by atoms with Crippen LogP contribution in [0.3, 0.4) is 0 Å². The Labute approximate surface area is 159 Å². The predicted octanol–water partition coefficient (Wildman–Crippen LogP) is 4.25. The molecule has 0 aromatic heterocycles. The Hall–Kier alpha value is -1.86. The summed E-state index contributed by atoms with van der Waals surface area (Å²) in [6.45, 7) is 0.